The average Bonchev–Trinajstić information content (AvgIpc) is 2.69. The third-order valence-electron chi connectivity index (χ3n) is 3.59. The van der Waals surface area contributed by atoms with Gasteiger partial charge in [0.1, 0.15) is 9.23 Å². The molecule has 20 heavy (non-hydrogen) atoms. The maximum absolute atomic E-state index is 12.4. The lowest BCUT2D eigenvalue weighted by atomic mass is 9.81. The number of nitrogens with zero attached hydrogens (tertiary/aromatic N) is 1. The second kappa shape index (κ2) is 5.46. The van der Waals surface area contributed by atoms with E-state index < -0.39 is 21.4 Å². The zero-order valence-electron chi connectivity index (χ0n) is 10.6. The molecule has 0 spiro atoms. The van der Waals surface area contributed by atoms with Gasteiger partial charge in [0.2, 0.25) is 10.0 Å². The Labute approximate surface area is 131 Å². The molecule has 0 amide bonds. The first-order valence-corrected chi connectivity index (χ1v) is 8.86. The number of piperidine rings is 1. The van der Waals surface area contributed by atoms with Crippen LogP contribution in [-0.4, -0.2) is 36.9 Å². The predicted octanol–water partition coefficient (Wildman–Crippen LogP) is 2.93. The van der Waals surface area contributed by atoms with Gasteiger partial charge in [0, 0.05) is 13.1 Å². The van der Waals surface area contributed by atoms with E-state index in [9.17, 15) is 13.2 Å². The summed E-state index contributed by atoms with van der Waals surface area (Å²) in [6.07, 6.45) is 0.550. The Morgan fingerprint density at radius 3 is 2.35 bits per heavy atom. The van der Waals surface area contributed by atoms with E-state index in [4.69, 9.17) is 28.3 Å². The average molecular weight is 358 g/mol. The number of carboxylic acids is 1. The summed E-state index contributed by atoms with van der Waals surface area (Å²) in [6.45, 7) is 1.96. The molecule has 1 aromatic rings. The van der Waals surface area contributed by atoms with Crippen LogP contribution in [0.3, 0.4) is 0 Å². The molecule has 0 unspecified atom stereocenters. The quantitative estimate of drug-likeness (QED) is 0.902. The van der Waals surface area contributed by atoms with Crippen LogP contribution in [0.4, 0.5) is 0 Å². The molecule has 1 saturated heterocycles. The lowest BCUT2D eigenvalue weighted by Gasteiger charge is -2.35. The number of aliphatic carboxylic acids is 1. The lowest BCUT2D eigenvalue weighted by Crippen LogP contribution is -2.45. The van der Waals surface area contributed by atoms with Crippen molar-refractivity contribution in [3.8, 4) is 0 Å². The standard InChI is InChI=1S/C11H13Cl2NO4S2/c1-11(10(15)16)2-4-14(5-3-11)20(17,18)7-6-8(12)19-9(7)13/h6H,2-5H2,1H3,(H,15,16). The van der Waals surface area contributed by atoms with E-state index in [0.29, 0.717) is 4.34 Å². The first kappa shape index (κ1) is 16.0. The van der Waals surface area contributed by atoms with Crippen LogP contribution in [0.25, 0.3) is 0 Å². The Balaban J connectivity index is 2.22. The smallest absolute Gasteiger partial charge is 0.309 e. The zero-order chi connectivity index (χ0) is 15.1. The number of hydrogen-bond donors (Lipinski definition) is 1. The van der Waals surface area contributed by atoms with Gasteiger partial charge in [-0.25, -0.2) is 8.42 Å². The highest BCUT2D eigenvalue weighted by Crippen LogP contribution is 2.38. The van der Waals surface area contributed by atoms with Gasteiger partial charge < -0.3 is 5.11 Å². The van der Waals surface area contributed by atoms with E-state index in [1.807, 2.05) is 0 Å². The van der Waals surface area contributed by atoms with Crippen molar-refractivity contribution in [1.82, 2.24) is 4.31 Å². The van der Waals surface area contributed by atoms with Crippen LogP contribution >= 0.6 is 34.5 Å². The first-order valence-electron chi connectivity index (χ1n) is 5.85. The van der Waals surface area contributed by atoms with Crippen LogP contribution in [0.1, 0.15) is 19.8 Å². The van der Waals surface area contributed by atoms with E-state index in [-0.39, 0.29) is 35.2 Å². The molecule has 1 fully saturated rings. The number of carbonyl (C=O) groups is 1. The number of carboxylic acid groups (broad SMARTS) is 1. The molecule has 0 bridgehead atoms. The molecule has 1 aliphatic heterocycles. The van der Waals surface area contributed by atoms with Gasteiger partial charge in [0.25, 0.3) is 0 Å². The molecule has 2 rings (SSSR count). The fourth-order valence-electron chi connectivity index (χ4n) is 2.07. The van der Waals surface area contributed by atoms with Crippen LogP contribution in [-0.2, 0) is 14.8 Å². The third kappa shape index (κ3) is 2.82. The van der Waals surface area contributed by atoms with Crippen molar-refractivity contribution >= 4 is 50.5 Å². The Hall–Kier alpha value is -0.340. The third-order valence-corrected chi connectivity index (χ3v) is 7.24. The van der Waals surface area contributed by atoms with Crippen molar-refractivity contribution in [2.75, 3.05) is 13.1 Å². The fraction of sp³-hybridized carbons (Fsp3) is 0.545. The van der Waals surface area contributed by atoms with Gasteiger partial charge in [0.05, 0.1) is 9.75 Å². The second-order valence-electron chi connectivity index (χ2n) is 4.96. The minimum atomic E-state index is -3.71. The summed E-state index contributed by atoms with van der Waals surface area (Å²) in [4.78, 5) is 11.1. The van der Waals surface area contributed by atoms with Crippen molar-refractivity contribution < 1.29 is 18.3 Å². The highest BCUT2D eigenvalue weighted by Gasteiger charge is 2.41. The van der Waals surface area contributed by atoms with Crippen LogP contribution in [0.2, 0.25) is 8.67 Å². The van der Waals surface area contributed by atoms with Crippen LogP contribution in [0.15, 0.2) is 11.0 Å². The summed E-state index contributed by atoms with van der Waals surface area (Å²) in [5, 5.41) is 9.15. The van der Waals surface area contributed by atoms with Crippen LogP contribution in [0, 0.1) is 5.41 Å². The maximum Gasteiger partial charge on any atom is 0.309 e. The number of halogens is 2. The summed E-state index contributed by atoms with van der Waals surface area (Å²) >= 11 is 12.7. The van der Waals surface area contributed by atoms with Crippen molar-refractivity contribution in [2.24, 2.45) is 5.41 Å². The van der Waals surface area contributed by atoms with Crippen molar-refractivity contribution in [2.45, 2.75) is 24.7 Å². The molecule has 9 heteroatoms. The highest BCUT2D eigenvalue weighted by atomic mass is 35.5. The second-order valence-corrected chi connectivity index (χ2v) is 9.15. The van der Waals surface area contributed by atoms with E-state index >= 15 is 0 Å². The minimum Gasteiger partial charge on any atom is -0.481 e. The molecule has 0 atom stereocenters. The summed E-state index contributed by atoms with van der Waals surface area (Å²) in [5.41, 5.74) is -0.873. The van der Waals surface area contributed by atoms with E-state index in [2.05, 4.69) is 0 Å². The summed E-state index contributed by atoms with van der Waals surface area (Å²) in [7, 11) is -3.71. The molecule has 5 nitrogen and oxygen atoms in total. The maximum atomic E-state index is 12.4. The Kier molecular flexibility index (Phi) is 4.37. The normalized spacial score (nSPS) is 19.9. The van der Waals surface area contributed by atoms with E-state index in [1.165, 1.54) is 10.4 Å². The lowest BCUT2D eigenvalue weighted by molar-refractivity contribution is -0.150. The molecule has 0 aromatic carbocycles. The Morgan fingerprint density at radius 2 is 1.95 bits per heavy atom. The van der Waals surface area contributed by atoms with Crippen LogP contribution < -0.4 is 0 Å². The molecule has 1 N–H and O–H groups in total. The number of rotatable bonds is 3. The van der Waals surface area contributed by atoms with Crippen molar-refractivity contribution in [3.05, 3.63) is 14.7 Å². The predicted molar refractivity (Wildman–Crippen MR) is 78.1 cm³/mol. The summed E-state index contributed by atoms with van der Waals surface area (Å²) < 4.78 is 26.6. The highest BCUT2D eigenvalue weighted by molar-refractivity contribution is 7.89. The van der Waals surface area contributed by atoms with Gasteiger partial charge in [-0.05, 0) is 25.8 Å². The molecule has 1 aliphatic rings. The molecular weight excluding hydrogens is 345 g/mol. The Bertz CT molecular complexity index is 633. The first-order chi connectivity index (χ1) is 9.17. The minimum absolute atomic E-state index is 0.00639. The molecule has 1 aromatic heterocycles. The summed E-state index contributed by atoms with van der Waals surface area (Å²) in [6, 6.07) is 1.33. The zero-order valence-corrected chi connectivity index (χ0v) is 13.7. The summed E-state index contributed by atoms with van der Waals surface area (Å²) in [5.74, 6) is -0.897. The molecule has 0 aliphatic carbocycles. The topological polar surface area (TPSA) is 74.7 Å². The Morgan fingerprint density at radius 1 is 1.40 bits per heavy atom. The van der Waals surface area contributed by atoms with Gasteiger partial charge >= 0.3 is 5.97 Å². The molecule has 2 heterocycles. The molecular formula is C11H13Cl2NO4S2. The van der Waals surface area contributed by atoms with Crippen molar-refractivity contribution in [3.63, 3.8) is 0 Å². The fourth-order valence-corrected chi connectivity index (χ4v) is 5.63. The molecule has 0 radical (unpaired) electrons. The number of thiophene rings is 1. The monoisotopic (exact) mass is 357 g/mol. The number of hydrogen-bond acceptors (Lipinski definition) is 4. The van der Waals surface area contributed by atoms with Gasteiger partial charge in [-0.15, -0.1) is 11.3 Å². The number of sulfonamides is 1. The van der Waals surface area contributed by atoms with Crippen LogP contribution in [0.5, 0.6) is 0 Å². The van der Waals surface area contributed by atoms with Gasteiger partial charge in [0.15, 0.2) is 0 Å². The largest absolute Gasteiger partial charge is 0.481 e. The molecule has 112 valence electrons. The SMILES string of the molecule is CC1(C(=O)O)CCN(S(=O)(=O)c2cc(Cl)sc2Cl)CC1. The van der Waals surface area contributed by atoms with Crippen molar-refractivity contribution in [1.29, 1.82) is 0 Å². The van der Waals surface area contributed by atoms with Gasteiger partial charge in [-0.1, -0.05) is 23.2 Å². The van der Waals surface area contributed by atoms with Gasteiger partial charge in [-0.3, -0.25) is 4.79 Å². The van der Waals surface area contributed by atoms with E-state index in [1.54, 1.807) is 6.92 Å². The molecule has 0 saturated carbocycles. The van der Waals surface area contributed by atoms with Gasteiger partial charge in [-0.2, -0.15) is 4.31 Å². The van der Waals surface area contributed by atoms with E-state index in [0.717, 1.165) is 11.3 Å².